The summed E-state index contributed by atoms with van der Waals surface area (Å²) in [5.41, 5.74) is 7.75. The SMILES string of the molecule is CC=C=CC(N)(Cc1ccc(O)cc1)C(=O)O. The van der Waals surface area contributed by atoms with Crippen molar-refractivity contribution in [3.8, 4) is 5.75 Å². The van der Waals surface area contributed by atoms with Crippen molar-refractivity contribution < 1.29 is 15.0 Å². The summed E-state index contributed by atoms with van der Waals surface area (Å²) in [5.74, 6) is -0.976. The van der Waals surface area contributed by atoms with Crippen LogP contribution in [0.4, 0.5) is 0 Å². The zero-order valence-corrected chi connectivity index (χ0v) is 9.55. The first-order chi connectivity index (χ1) is 7.98. The molecular weight excluding hydrogens is 218 g/mol. The molecule has 90 valence electrons. The highest BCUT2D eigenvalue weighted by atomic mass is 16.4. The van der Waals surface area contributed by atoms with Gasteiger partial charge in [0.15, 0.2) is 0 Å². The van der Waals surface area contributed by atoms with Crippen molar-refractivity contribution >= 4 is 5.97 Å². The van der Waals surface area contributed by atoms with Crippen molar-refractivity contribution in [2.45, 2.75) is 18.9 Å². The summed E-state index contributed by atoms with van der Waals surface area (Å²) in [6.45, 7) is 1.74. The molecule has 1 atom stereocenters. The Kier molecular flexibility index (Phi) is 4.10. The molecule has 0 fully saturated rings. The Bertz CT molecular complexity index is 458. The predicted octanol–water partition coefficient (Wildman–Crippen LogP) is 1.45. The lowest BCUT2D eigenvalue weighted by Crippen LogP contribution is -2.48. The van der Waals surface area contributed by atoms with Crippen LogP contribution in [-0.4, -0.2) is 21.7 Å². The van der Waals surface area contributed by atoms with Gasteiger partial charge in [-0.1, -0.05) is 12.1 Å². The molecule has 17 heavy (non-hydrogen) atoms. The van der Waals surface area contributed by atoms with Crippen LogP contribution < -0.4 is 5.73 Å². The average molecular weight is 233 g/mol. The number of carbonyl (C=O) groups is 1. The number of carboxylic acid groups (broad SMARTS) is 1. The van der Waals surface area contributed by atoms with Crippen LogP contribution in [0.3, 0.4) is 0 Å². The quantitative estimate of drug-likeness (QED) is 0.687. The number of phenolic OH excluding ortho intramolecular Hbond substituents is 1. The molecule has 0 aliphatic heterocycles. The lowest BCUT2D eigenvalue weighted by Gasteiger charge is -2.19. The number of hydrogen-bond donors (Lipinski definition) is 3. The van der Waals surface area contributed by atoms with Crippen LogP contribution in [0.15, 0.2) is 42.1 Å². The van der Waals surface area contributed by atoms with E-state index in [-0.39, 0.29) is 12.2 Å². The summed E-state index contributed by atoms with van der Waals surface area (Å²) in [4.78, 5) is 11.1. The number of hydrogen-bond acceptors (Lipinski definition) is 3. The standard InChI is InChI=1S/C13H15NO3/c1-2-3-8-13(14,12(16)17)9-10-4-6-11(15)7-5-10/h2,4-8,15H,9,14H2,1H3,(H,16,17). The lowest BCUT2D eigenvalue weighted by atomic mass is 9.92. The van der Waals surface area contributed by atoms with E-state index in [1.807, 2.05) is 0 Å². The second-order valence-corrected chi connectivity index (χ2v) is 3.79. The molecule has 0 aliphatic carbocycles. The third-order valence-electron chi connectivity index (χ3n) is 2.34. The molecule has 1 rings (SSSR count). The van der Waals surface area contributed by atoms with Crippen LogP contribution in [-0.2, 0) is 11.2 Å². The minimum Gasteiger partial charge on any atom is -0.508 e. The monoisotopic (exact) mass is 233 g/mol. The maximum Gasteiger partial charge on any atom is 0.328 e. The van der Waals surface area contributed by atoms with Crippen LogP contribution in [0.2, 0.25) is 0 Å². The van der Waals surface area contributed by atoms with Crippen LogP contribution in [0.1, 0.15) is 12.5 Å². The molecule has 0 aliphatic rings. The summed E-state index contributed by atoms with van der Waals surface area (Å²) in [6, 6.07) is 6.28. The predicted molar refractivity (Wildman–Crippen MR) is 64.7 cm³/mol. The van der Waals surface area contributed by atoms with Crippen molar-refractivity contribution in [1.82, 2.24) is 0 Å². The first kappa shape index (κ1) is 13.0. The number of rotatable bonds is 4. The molecule has 1 unspecified atom stereocenters. The van der Waals surface area contributed by atoms with Gasteiger partial charge in [-0.15, -0.1) is 5.73 Å². The number of phenols is 1. The van der Waals surface area contributed by atoms with E-state index < -0.39 is 11.5 Å². The Morgan fingerprint density at radius 2 is 2.06 bits per heavy atom. The number of aliphatic carboxylic acids is 1. The molecule has 0 radical (unpaired) electrons. The van der Waals surface area contributed by atoms with Crippen molar-refractivity contribution in [3.63, 3.8) is 0 Å². The van der Waals surface area contributed by atoms with Crippen molar-refractivity contribution in [3.05, 3.63) is 47.7 Å². The highest BCUT2D eigenvalue weighted by Gasteiger charge is 2.31. The Labute approximate surface area is 99.7 Å². The topological polar surface area (TPSA) is 83.5 Å². The Morgan fingerprint density at radius 3 is 2.53 bits per heavy atom. The van der Waals surface area contributed by atoms with Gasteiger partial charge in [-0.2, -0.15) is 0 Å². The summed E-state index contributed by atoms with van der Waals surface area (Å²) >= 11 is 0. The van der Waals surface area contributed by atoms with Gasteiger partial charge in [0.2, 0.25) is 0 Å². The minimum atomic E-state index is -1.48. The highest BCUT2D eigenvalue weighted by molar-refractivity contribution is 5.81. The van der Waals surface area contributed by atoms with E-state index in [9.17, 15) is 4.79 Å². The number of nitrogens with two attached hydrogens (primary N) is 1. The van der Waals surface area contributed by atoms with E-state index in [4.69, 9.17) is 15.9 Å². The molecule has 1 aromatic rings. The highest BCUT2D eigenvalue weighted by Crippen LogP contribution is 2.16. The largest absolute Gasteiger partial charge is 0.508 e. The van der Waals surface area contributed by atoms with E-state index >= 15 is 0 Å². The molecule has 0 spiro atoms. The van der Waals surface area contributed by atoms with Crippen LogP contribution in [0.25, 0.3) is 0 Å². The first-order valence-corrected chi connectivity index (χ1v) is 5.16. The number of carboxylic acids is 1. The molecule has 0 amide bonds. The van der Waals surface area contributed by atoms with E-state index in [0.29, 0.717) is 0 Å². The van der Waals surface area contributed by atoms with Gasteiger partial charge in [-0.25, -0.2) is 4.79 Å². The second-order valence-electron chi connectivity index (χ2n) is 3.79. The maximum absolute atomic E-state index is 11.1. The van der Waals surface area contributed by atoms with Crippen LogP contribution in [0.5, 0.6) is 5.75 Å². The van der Waals surface area contributed by atoms with Gasteiger partial charge in [0, 0.05) is 6.42 Å². The van der Waals surface area contributed by atoms with Crippen LogP contribution in [0, 0.1) is 0 Å². The van der Waals surface area contributed by atoms with E-state index in [0.717, 1.165) is 5.56 Å². The van der Waals surface area contributed by atoms with Gasteiger partial charge in [0.05, 0.1) is 0 Å². The second kappa shape index (κ2) is 5.34. The summed E-state index contributed by atoms with van der Waals surface area (Å²) in [6.07, 6.45) is 3.08. The van der Waals surface area contributed by atoms with Crippen LogP contribution >= 0.6 is 0 Å². The fourth-order valence-corrected chi connectivity index (χ4v) is 1.37. The van der Waals surface area contributed by atoms with Gasteiger partial charge in [-0.3, -0.25) is 0 Å². The fourth-order valence-electron chi connectivity index (χ4n) is 1.37. The van der Waals surface area contributed by atoms with Gasteiger partial charge in [-0.05, 0) is 36.8 Å². The lowest BCUT2D eigenvalue weighted by molar-refractivity contribution is -0.141. The molecule has 4 nitrogen and oxygen atoms in total. The zero-order valence-electron chi connectivity index (χ0n) is 9.55. The van der Waals surface area contributed by atoms with Gasteiger partial charge in [0.25, 0.3) is 0 Å². The molecule has 0 bridgehead atoms. The summed E-state index contributed by atoms with van der Waals surface area (Å²) in [7, 11) is 0. The molecule has 0 aromatic heterocycles. The first-order valence-electron chi connectivity index (χ1n) is 5.16. The van der Waals surface area contributed by atoms with Gasteiger partial charge < -0.3 is 15.9 Å². The number of aromatic hydroxyl groups is 1. The van der Waals surface area contributed by atoms with E-state index in [1.165, 1.54) is 18.2 Å². The summed E-state index contributed by atoms with van der Waals surface area (Å²) < 4.78 is 0. The molecule has 0 saturated carbocycles. The maximum atomic E-state index is 11.1. The normalized spacial score (nSPS) is 13.3. The smallest absolute Gasteiger partial charge is 0.328 e. The van der Waals surface area contributed by atoms with E-state index in [2.05, 4.69) is 5.73 Å². The van der Waals surface area contributed by atoms with E-state index in [1.54, 1.807) is 25.1 Å². The number of benzene rings is 1. The average Bonchev–Trinajstić information content (AvgIpc) is 2.29. The van der Waals surface area contributed by atoms with Gasteiger partial charge in [0.1, 0.15) is 11.3 Å². The fraction of sp³-hybridized carbons (Fsp3) is 0.231. The molecule has 4 heteroatoms. The Balaban J connectivity index is 2.98. The Morgan fingerprint density at radius 1 is 1.47 bits per heavy atom. The van der Waals surface area contributed by atoms with Crippen molar-refractivity contribution in [2.24, 2.45) is 5.73 Å². The molecule has 1 aromatic carbocycles. The van der Waals surface area contributed by atoms with Crippen molar-refractivity contribution in [2.75, 3.05) is 0 Å². The minimum absolute atomic E-state index is 0.135. The molecule has 4 N–H and O–H groups in total. The van der Waals surface area contributed by atoms with Gasteiger partial charge >= 0.3 is 5.97 Å². The third kappa shape index (κ3) is 3.48. The third-order valence-corrected chi connectivity index (χ3v) is 2.34. The molecule has 0 saturated heterocycles. The Hall–Kier alpha value is -2.03. The van der Waals surface area contributed by atoms with Crippen molar-refractivity contribution in [1.29, 1.82) is 0 Å². The molecule has 0 heterocycles. The molecular formula is C13H15NO3. The zero-order chi connectivity index (χ0) is 12.9. The summed E-state index contributed by atoms with van der Waals surface area (Å²) in [5, 5.41) is 18.2.